The second-order valence-corrected chi connectivity index (χ2v) is 7.38. The Bertz CT molecular complexity index is 748. The Labute approximate surface area is 170 Å². The van der Waals surface area contributed by atoms with E-state index in [9.17, 15) is 9.59 Å². The minimum absolute atomic E-state index is 0.00686. The smallest absolute Gasteiger partial charge is 0.245 e. The first kappa shape index (κ1) is 22.0. The number of ether oxygens (including phenoxy) is 1. The van der Waals surface area contributed by atoms with Gasteiger partial charge in [-0.05, 0) is 32.3 Å². The SMILES string of the molecule is CCOCCCN(CC(=O)Nc1nc(C)cs1)C(=O)C(CC)c1ccccc1. The van der Waals surface area contributed by atoms with Gasteiger partial charge in [-0.3, -0.25) is 9.59 Å². The van der Waals surface area contributed by atoms with E-state index < -0.39 is 0 Å². The molecule has 7 heteroatoms. The van der Waals surface area contributed by atoms with Crippen molar-refractivity contribution < 1.29 is 14.3 Å². The van der Waals surface area contributed by atoms with Crippen LogP contribution in [0.15, 0.2) is 35.7 Å². The maximum absolute atomic E-state index is 13.2. The Hall–Kier alpha value is -2.25. The van der Waals surface area contributed by atoms with E-state index in [-0.39, 0.29) is 24.3 Å². The van der Waals surface area contributed by atoms with Gasteiger partial charge in [-0.1, -0.05) is 37.3 Å². The van der Waals surface area contributed by atoms with Crippen molar-refractivity contribution in [1.82, 2.24) is 9.88 Å². The number of anilines is 1. The molecule has 0 bridgehead atoms. The maximum Gasteiger partial charge on any atom is 0.245 e. The van der Waals surface area contributed by atoms with Gasteiger partial charge >= 0.3 is 0 Å². The van der Waals surface area contributed by atoms with Gasteiger partial charge < -0.3 is 15.0 Å². The number of aryl methyl sites for hydroxylation is 1. The van der Waals surface area contributed by atoms with Crippen LogP contribution in [0.2, 0.25) is 0 Å². The first-order valence-electron chi connectivity index (χ1n) is 9.68. The van der Waals surface area contributed by atoms with E-state index in [0.29, 0.717) is 37.7 Å². The molecule has 28 heavy (non-hydrogen) atoms. The van der Waals surface area contributed by atoms with Gasteiger partial charge in [-0.25, -0.2) is 4.98 Å². The number of carbonyl (C=O) groups excluding carboxylic acids is 2. The van der Waals surface area contributed by atoms with Gasteiger partial charge in [0.05, 0.1) is 18.2 Å². The Morgan fingerprint density at radius 1 is 1.25 bits per heavy atom. The molecular weight excluding hydrogens is 374 g/mol. The highest BCUT2D eigenvalue weighted by molar-refractivity contribution is 7.13. The van der Waals surface area contributed by atoms with Crippen molar-refractivity contribution in [2.75, 3.05) is 31.6 Å². The molecule has 1 unspecified atom stereocenters. The van der Waals surface area contributed by atoms with Gasteiger partial charge in [-0.2, -0.15) is 0 Å². The van der Waals surface area contributed by atoms with E-state index in [4.69, 9.17) is 4.74 Å². The van der Waals surface area contributed by atoms with E-state index in [1.165, 1.54) is 11.3 Å². The van der Waals surface area contributed by atoms with Crippen LogP contribution in [0.1, 0.15) is 43.9 Å². The van der Waals surface area contributed by atoms with Crippen LogP contribution in [0.4, 0.5) is 5.13 Å². The Morgan fingerprint density at radius 2 is 2.00 bits per heavy atom. The number of aromatic nitrogens is 1. The standard InChI is InChI=1S/C21H29N3O3S/c1-4-18(17-10-7-6-8-11-17)20(26)24(12-9-13-27-5-2)14-19(25)23-21-22-16(3)15-28-21/h6-8,10-11,15,18H,4-5,9,12-14H2,1-3H3,(H,22,23,25). The topological polar surface area (TPSA) is 71.5 Å². The van der Waals surface area contributed by atoms with Crippen molar-refractivity contribution in [3.05, 3.63) is 47.0 Å². The highest BCUT2D eigenvalue weighted by Gasteiger charge is 2.26. The molecule has 1 N–H and O–H groups in total. The quantitative estimate of drug-likeness (QED) is 0.579. The minimum atomic E-state index is -0.261. The third-order valence-corrected chi connectivity index (χ3v) is 5.22. The van der Waals surface area contributed by atoms with Crippen LogP contribution in [0.5, 0.6) is 0 Å². The highest BCUT2D eigenvalue weighted by atomic mass is 32.1. The lowest BCUT2D eigenvalue weighted by atomic mass is 9.95. The fraction of sp³-hybridized carbons (Fsp3) is 0.476. The molecule has 0 aliphatic heterocycles. The second kappa shape index (κ2) is 11.6. The fourth-order valence-electron chi connectivity index (χ4n) is 2.97. The predicted molar refractivity (Wildman–Crippen MR) is 113 cm³/mol. The highest BCUT2D eigenvalue weighted by Crippen LogP contribution is 2.22. The molecule has 0 aliphatic rings. The fourth-order valence-corrected chi connectivity index (χ4v) is 3.68. The molecule has 2 aromatic rings. The summed E-state index contributed by atoms with van der Waals surface area (Å²) >= 11 is 1.38. The molecule has 0 saturated heterocycles. The molecule has 6 nitrogen and oxygen atoms in total. The zero-order valence-electron chi connectivity index (χ0n) is 16.8. The second-order valence-electron chi connectivity index (χ2n) is 6.52. The number of benzene rings is 1. The van der Waals surface area contributed by atoms with E-state index in [1.807, 2.05) is 56.5 Å². The lowest BCUT2D eigenvalue weighted by Crippen LogP contribution is -2.41. The summed E-state index contributed by atoms with van der Waals surface area (Å²) in [5, 5.41) is 5.22. The van der Waals surface area contributed by atoms with Crippen LogP contribution in [0.25, 0.3) is 0 Å². The van der Waals surface area contributed by atoms with E-state index >= 15 is 0 Å². The molecule has 0 fully saturated rings. The number of carbonyl (C=O) groups is 2. The number of thiazole rings is 1. The van der Waals surface area contributed by atoms with Crippen LogP contribution in [0, 0.1) is 6.92 Å². The third-order valence-electron chi connectivity index (χ3n) is 4.34. The van der Waals surface area contributed by atoms with Crippen molar-refractivity contribution in [3.8, 4) is 0 Å². The van der Waals surface area contributed by atoms with Crippen molar-refractivity contribution >= 4 is 28.3 Å². The summed E-state index contributed by atoms with van der Waals surface area (Å²) in [6, 6.07) is 9.72. The molecule has 1 aromatic heterocycles. The Balaban J connectivity index is 2.07. The Kier molecular flexibility index (Phi) is 9.10. The summed E-state index contributed by atoms with van der Waals surface area (Å²) in [4.78, 5) is 31.6. The normalized spacial score (nSPS) is 11.8. The average Bonchev–Trinajstić information content (AvgIpc) is 3.10. The maximum atomic E-state index is 13.2. The predicted octanol–water partition coefficient (Wildman–Crippen LogP) is 3.84. The molecule has 0 aliphatic carbocycles. The summed E-state index contributed by atoms with van der Waals surface area (Å²) in [6.07, 6.45) is 1.37. The van der Waals surface area contributed by atoms with Gasteiger partial charge in [0.1, 0.15) is 0 Å². The van der Waals surface area contributed by atoms with Gasteiger partial charge in [0, 0.05) is 25.1 Å². The molecule has 1 atom stereocenters. The minimum Gasteiger partial charge on any atom is -0.382 e. The molecule has 0 saturated carbocycles. The summed E-state index contributed by atoms with van der Waals surface area (Å²) in [6.45, 7) is 7.50. The Morgan fingerprint density at radius 3 is 2.61 bits per heavy atom. The number of hydrogen-bond acceptors (Lipinski definition) is 5. The van der Waals surface area contributed by atoms with Crippen LogP contribution in [-0.2, 0) is 14.3 Å². The van der Waals surface area contributed by atoms with Crippen molar-refractivity contribution in [3.63, 3.8) is 0 Å². The largest absolute Gasteiger partial charge is 0.382 e. The summed E-state index contributed by atoms with van der Waals surface area (Å²) in [7, 11) is 0. The number of amides is 2. The molecule has 0 spiro atoms. The van der Waals surface area contributed by atoms with E-state index in [1.54, 1.807) is 4.90 Å². The monoisotopic (exact) mass is 403 g/mol. The third kappa shape index (κ3) is 6.73. The lowest BCUT2D eigenvalue weighted by Gasteiger charge is -2.26. The molecule has 2 amide bonds. The number of nitrogens with zero attached hydrogens (tertiary/aromatic N) is 2. The molecular formula is C21H29N3O3S. The van der Waals surface area contributed by atoms with E-state index in [0.717, 1.165) is 11.3 Å². The summed E-state index contributed by atoms with van der Waals surface area (Å²) < 4.78 is 5.39. The van der Waals surface area contributed by atoms with Crippen molar-refractivity contribution in [2.24, 2.45) is 0 Å². The number of nitrogens with one attached hydrogen (secondary N) is 1. The van der Waals surface area contributed by atoms with Crippen LogP contribution in [0.3, 0.4) is 0 Å². The van der Waals surface area contributed by atoms with Gasteiger partial charge in [-0.15, -0.1) is 11.3 Å². The number of rotatable bonds is 11. The number of hydrogen-bond donors (Lipinski definition) is 1. The molecule has 2 rings (SSSR count). The van der Waals surface area contributed by atoms with Crippen LogP contribution < -0.4 is 5.32 Å². The van der Waals surface area contributed by atoms with Crippen LogP contribution in [-0.4, -0.2) is 48.0 Å². The lowest BCUT2D eigenvalue weighted by molar-refractivity contribution is -0.136. The molecule has 0 radical (unpaired) electrons. The molecule has 152 valence electrons. The van der Waals surface area contributed by atoms with Crippen LogP contribution >= 0.6 is 11.3 Å². The van der Waals surface area contributed by atoms with Crippen molar-refractivity contribution in [2.45, 2.75) is 39.5 Å². The first-order valence-corrected chi connectivity index (χ1v) is 10.6. The average molecular weight is 404 g/mol. The molecule has 1 aromatic carbocycles. The summed E-state index contributed by atoms with van der Waals surface area (Å²) in [5.41, 5.74) is 1.83. The van der Waals surface area contributed by atoms with E-state index in [2.05, 4.69) is 10.3 Å². The zero-order valence-corrected chi connectivity index (χ0v) is 17.6. The van der Waals surface area contributed by atoms with Crippen molar-refractivity contribution in [1.29, 1.82) is 0 Å². The van der Waals surface area contributed by atoms with Gasteiger partial charge in [0.25, 0.3) is 0 Å². The summed E-state index contributed by atoms with van der Waals surface area (Å²) in [5.74, 6) is -0.527. The first-order chi connectivity index (χ1) is 13.5. The zero-order chi connectivity index (χ0) is 20.4. The van der Waals surface area contributed by atoms with Gasteiger partial charge in [0.2, 0.25) is 11.8 Å². The van der Waals surface area contributed by atoms with Gasteiger partial charge in [0.15, 0.2) is 5.13 Å². The molecule has 1 heterocycles.